The number of esters is 2. The van der Waals surface area contributed by atoms with Crippen molar-refractivity contribution in [2.45, 2.75) is 70.1 Å². The van der Waals surface area contributed by atoms with Crippen LogP contribution in [-0.4, -0.2) is 38.7 Å². The third-order valence-electron chi connectivity index (χ3n) is 6.75. The largest absolute Gasteiger partial charge is 0.463 e. The highest BCUT2D eigenvalue weighted by Gasteiger charge is 2.41. The molecule has 0 saturated heterocycles. The van der Waals surface area contributed by atoms with E-state index in [1.165, 1.54) is 42.0 Å². The Bertz CT molecular complexity index is 1480. The molecule has 0 aliphatic rings. The first kappa shape index (κ1) is 32.8. The maximum atomic E-state index is 13.2. The van der Waals surface area contributed by atoms with Crippen molar-refractivity contribution in [1.82, 2.24) is 0 Å². The highest BCUT2D eigenvalue weighted by Crippen LogP contribution is 2.36. The number of carbonyl (C=O) groups is 2. The Morgan fingerprint density at radius 1 is 0.667 bits per heavy atom. The number of carbonyl (C=O) groups excluding carboxylic acids is 2. The smallest absolute Gasteiger partial charge is 0.316 e. The molecule has 0 aromatic heterocycles. The number of hydrogen-bond donors (Lipinski definition) is 1. The minimum Gasteiger partial charge on any atom is -0.463 e. The lowest BCUT2D eigenvalue weighted by Crippen LogP contribution is -2.38. The Balaban J connectivity index is 1.66. The number of hydrogen-bond acceptors (Lipinski definition) is 8. The lowest BCUT2D eigenvalue weighted by molar-refractivity contribution is -0.159. The van der Waals surface area contributed by atoms with Crippen molar-refractivity contribution in [3.05, 3.63) is 78.4 Å². The first-order valence-corrected chi connectivity index (χ1v) is 15.2. The van der Waals surface area contributed by atoms with Crippen molar-refractivity contribution in [2.75, 3.05) is 13.2 Å². The molecule has 1 N–H and O–H groups in total. The van der Waals surface area contributed by atoms with Crippen LogP contribution in [0.3, 0.4) is 0 Å². The molecule has 3 aromatic carbocycles. The van der Waals surface area contributed by atoms with Gasteiger partial charge in [0.25, 0.3) is 0 Å². The monoisotopic (exact) mass is 596 g/mol. The molecule has 0 radical (unpaired) electrons. The molecule has 0 fully saturated rings. The Kier molecular flexibility index (Phi) is 9.90. The highest BCUT2D eigenvalue weighted by atomic mass is 32.2. The van der Waals surface area contributed by atoms with Crippen LogP contribution in [0.1, 0.15) is 60.5 Å². The minimum atomic E-state index is -3.83. The Morgan fingerprint density at radius 3 is 1.55 bits per heavy atom. The predicted octanol–water partition coefficient (Wildman–Crippen LogP) is 6.49. The van der Waals surface area contributed by atoms with E-state index in [-0.39, 0.29) is 40.6 Å². The molecule has 3 aromatic rings. The van der Waals surface area contributed by atoms with Crippen molar-refractivity contribution >= 4 is 21.8 Å². The van der Waals surface area contributed by atoms with Crippen LogP contribution >= 0.6 is 0 Å². The van der Waals surface area contributed by atoms with Crippen LogP contribution in [0.15, 0.2) is 82.6 Å². The van der Waals surface area contributed by atoms with Gasteiger partial charge in [-0.3, -0.25) is 9.59 Å². The number of ether oxygens (including phenoxy) is 3. The van der Waals surface area contributed by atoms with Gasteiger partial charge in [0.1, 0.15) is 23.9 Å². The van der Waals surface area contributed by atoms with Gasteiger partial charge in [-0.25, -0.2) is 8.42 Å². The molecule has 0 amide bonds. The van der Waals surface area contributed by atoms with Gasteiger partial charge in [-0.05, 0) is 106 Å². The normalized spacial score (nSPS) is 12.5. The summed E-state index contributed by atoms with van der Waals surface area (Å²) in [5.74, 6) is 0.226. The van der Waals surface area contributed by atoms with E-state index >= 15 is 0 Å². The van der Waals surface area contributed by atoms with Gasteiger partial charge in [0.15, 0.2) is 0 Å². The van der Waals surface area contributed by atoms with Crippen LogP contribution < -0.4 is 9.47 Å². The molecule has 42 heavy (non-hydrogen) atoms. The molecule has 0 saturated carbocycles. The van der Waals surface area contributed by atoms with Gasteiger partial charge in [0, 0.05) is 0 Å². The molecule has 3 rings (SSSR count). The SMILES string of the molecule is CC(C)(CC(C)(C)C(=O)Oc1ccc(S(=O)(=O)c2ccc(Oc3ccc(C(C)(C)C)cc3)cc2)cc1)C(=O)OCCO. The lowest BCUT2D eigenvalue weighted by Gasteiger charge is -2.31. The summed E-state index contributed by atoms with van der Waals surface area (Å²) in [5.41, 5.74) is -0.833. The highest BCUT2D eigenvalue weighted by molar-refractivity contribution is 7.91. The Labute approximate surface area is 248 Å². The Hall–Kier alpha value is -3.69. The van der Waals surface area contributed by atoms with Gasteiger partial charge in [0.05, 0.1) is 27.2 Å². The van der Waals surface area contributed by atoms with Crippen LogP contribution in [0, 0.1) is 10.8 Å². The van der Waals surface area contributed by atoms with E-state index in [1.54, 1.807) is 39.8 Å². The zero-order chi connectivity index (χ0) is 31.3. The van der Waals surface area contributed by atoms with E-state index in [1.807, 2.05) is 24.3 Å². The molecule has 0 heterocycles. The summed E-state index contributed by atoms with van der Waals surface area (Å²) in [7, 11) is -3.83. The molecule has 0 spiro atoms. The molecular formula is C33H40O8S. The molecule has 8 nitrogen and oxygen atoms in total. The van der Waals surface area contributed by atoms with Crippen LogP contribution in [0.5, 0.6) is 17.2 Å². The fourth-order valence-corrected chi connectivity index (χ4v) is 5.76. The van der Waals surface area contributed by atoms with Crippen LogP contribution in [0.2, 0.25) is 0 Å². The summed E-state index contributed by atoms with van der Waals surface area (Å²) in [6, 6.07) is 19.5. The van der Waals surface area contributed by atoms with Gasteiger partial charge < -0.3 is 19.3 Å². The van der Waals surface area contributed by atoms with E-state index in [0.717, 1.165) is 0 Å². The average molecular weight is 597 g/mol. The topological polar surface area (TPSA) is 116 Å². The van der Waals surface area contributed by atoms with Gasteiger partial charge in [-0.1, -0.05) is 32.9 Å². The third-order valence-corrected chi connectivity index (χ3v) is 8.53. The van der Waals surface area contributed by atoms with Crippen LogP contribution in [0.25, 0.3) is 0 Å². The zero-order valence-electron chi connectivity index (χ0n) is 25.3. The lowest BCUT2D eigenvalue weighted by atomic mass is 9.75. The minimum absolute atomic E-state index is 0.0285. The number of sulfone groups is 1. The van der Waals surface area contributed by atoms with Crippen molar-refractivity contribution in [3.8, 4) is 17.2 Å². The van der Waals surface area contributed by atoms with Crippen molar-refractivity contribution < 1.29 is 37.3 Å². The van der Waals surface area contributed by atoms with Crippen molar-refractivity contribution in [3.63, 3.8) is 0 Å². The molecule has 9 heteroatoms. The third kappa shape index (κ3) is 8.20. The average Bonchev–Trinajstić information content (AvgIpc) is 2.91. The predicted molar refractivity (Wildman–Crippen MR) is 159 cm³/mol. The van der Waals surface area contributed by atoms with Crippen molar-refractivity contribution in [1.29, 1.82) is 0 Å². The van der Waals surface area contributed by atoms with E-state index < -0.39 is 32.6 Å². The number of rotatable bonds is 11. The van der Waals surface area contributed by atoms with Gasteiger partial charge >= 0.3 is 11.9 Å². The molecule has 0 aliphatic carbocycles. The molecule has 0 aliphatic heterocycles. The first-order chi connectivity index (χ1) is 19.5. The summed E-state index contributed by atoms with van der Waals surface area (Å²) >= 11 is 0. The fraction of sp³-hybridized carbons (Fsp3) is 0.394. The first-order valence-electron chi connectivity index (χ1n) is 13.7. The van der Waals surface area contributed by atoms with E-state index in [0.29, 0.717) is 11.5 Å². The standard InChI is InChI=1S/C33H40O8S/c1-31(2,3)23-8-10-24(11-9-23)40-25-12-16-27(17-13-25)42(37,38)28-18-14-26(15-19-28)41-30(36)33(6,7)22-32(4,5)29(35)39-21-20-34/h8-19,34H,20-22H2,1-7H3. The summed E-state index contributed by atoms with van der Waals surface area (Å²) in [6.07, 6.45) is 0.136. The van der Waals surface area contributed by atoms with E-state index in [2.05, 4.69) is 20.8 Å². The molecule has 0 atom stereocenters. The molecule has 0 bridgehead atoms. The van der Waals surface area contributed by atoms with Crippen LogP contribution in [-0.2, 0) is 29.6 Å². The van der Waals surface area contributed by atoms with E-state index in [4.69, 9.17) is 19.3 Å². The summed E-state index contributed by atoms with van der Waals surface area (Å²) in [5, 5.41) is 8.89. The van der Waals surface area contributed by atoms with Crippen LogP contribution in [0.4, 0.5) is 0 Å². The summed E-state index contributed by atoms with van der Waals surface area (Å²) < 4.78 is 42.8. The van der Waals surface area contributed by atoms with E-state index in [9.17, 15) is 18.0 Å². The maximum Gasteiger partial charge on any atom is 0.316 e. The number of aliphatic hydroxyl groups is 1. The molecule has 0 unspecified atom stereocenters. The second-order valence-corrected chi connectivity index (χ2v) is 14.5. The van der Waals surface area contributed by atoms with Gasteiger partial charge in [-0.15, -0.1) is 0 Å². The second-order valence-electron chi connectivity index (χ2n) is 12.5. The molecular weight excluding hydrogens is 556 g/mol. The van der Waals surface area contributed by atoms with Crippen molar-refractivity contribution in [2.24, 2.45) is 10.8 Å². The molecule has 226 valence electrons. The zero-order valence-corrected chi connectivity index (χ0v) is 26.1. The maximum absolute atomic E-state index is 13.2. The van der Waals surface area contributed by atoms with Gasteiger partial charge in [-0.2, -0.15) is 0 Å². The Morgan fingerprint density at radius 2 is 1.10 bits per heavy atom. The quantitative estimate of drug-likeness (QED) is 0.197. The summed E-state index contributed by atoms with van der Waals surface area (Å²) in [6.45, 7) is 12.6. The van der Waals surface area contributed by atoms with Gasteiger partial charge in [0.2, 0.25) is 9.84 Å². The number of aliphatic hydroxyl groups excluding tert-OH is 1. The fourth-order valence-electron chi connectivity index (χ4n) is 4.50. The number of benzene rings is 3. The summed E-state index contributed by atoms with van der Waals surface area (Å²) in [4.78, 5) is 25.4. The second kappa shape index (κ2) is 12.7.